The van der Waals surface area contributed by atoms with Gasteiger partial charge in [0.1, 0.15) is 12.4 Å². The number of carbonyl (C=O) groups is 2. The van der Waals surface area contributed by atoms with E-state index >= 15 is 0 Å². The quantitative estimate of drug-likeness (QED) is 0.236. The van der Waals surface area contributed by atoms with Crippen molar-refractivity contribution in [3.63, 3.8) is 0 Å². The van der Waals surface area contributed by atoms with E-state index in [0.717, 1.165) is 22.0 Å². The summed E-state index contributed by atoms with van der Waals surface area (Å²) in [6.07, 6.45) is 5.37. The summed E-state index contributed by atoms with van der Waals surface area (Å²) in [7, 11) is 1.66. The predicted molar refractivity (Wildman–Crippen MR) is 148 cm³/mol. The maximum Gasteiger partial charge on any atom is 0.320 e. The second kappa shape index (κ2) is 14.2. The molecule has 0 unspecified atom stereocenters. The molecule has 1 heterocycles. The molecule has 0 aliphatic carbocycles. The highest BCUT2D eigenvalue weighted by Crippen LogP contribution is 2.18. The fraction of sp³-hybridized carbons (Fsp3) is 0.367. The Morgan fingerprint density at radius 2 is 1.95 bits per heavy atom. The monoisotopic (exact) mass is 520 g/mol. The van der Waals surface area contributed by atoms with E-state index in [0.29, 0.717) is 24.8 Å². The minimum Gasteiger partial charge on any atom is -0.463 e. The van der Waals surface area contributed by atoms with Crippen LogP contribution in [-0.4, -0.2) is 48.1 Å². The first-order valence-corrected chi connectivity index (χ1v) is 13.0. The van der Waals surface area contributed by atoms with E-state index in [2.05, 4.69) is 22.2 Å². The van der Waals surface area contributed by atoms with E-state index in [1.807, 2.05) is 50.4 Å². The van der Waals surface area contributed by atoms with Gasteiger partial charge in [-0.3, -0.25) is 15.1 Å². The smallest absolute Gasteiger partial charge is 0.320 e. The van der Waals surface area contributed by atoms with Crippen molar-refractivity contribution >= 4 is 22.8 Å². The zero-order valence-corrected chi connectivity index (χ0v) is 22.4. The van der Waals surface area contributed by atoms with E-state index in [4.69, 9.17) is 4.74 Å². The van der Waals surface area contributed by atoms with Crippen molar-refractivity contribution in [1.82, 2.24) is 20.5 Å². The molecule has 1 aromatic heterocycles. The Hall–Kier alpha value is -3.78. The number of pyridine rings is 1. The van der Waals surface area contributed by atoms with Crippen molar-refractivity contribution in [2.45, 2.75) is 51.7 Å². The number of benzene rings is 2. The van der Waals surface area contributed by atoms with Gasteiger partial charge in [-0.05, 0) is 54.8 Å². The number of nitrogens with one attached hydrogen (secondary N) is 2. The van der Waals surface area contributed by atoms with Gasteiger partial charge in [-0.15, -0.1) is 6.58 Å². The minimum atomic E-state index is -0.414. The summed E-state index contributed by atoms with van der Waals surface area (Å²) in [5, 5.41) is 8.16. The minimum absolute atomic E-state index is 0.0130. The van der Waals surface area contributed by atoms with E-state index in [1.165, 1.54) is 11.0 Å². The highest BCUT2D eigenvalue weighted by molar-refractivity contribution is 5.81. The second-order valence-corrected chi connectivity index (χ2v) is 9.26. The van der Waals surface area contributed by atoms with Crippen molar-refractivity contribution in [2.24, 2.45) is 0 Å². The molecule has 3 rings (SSSR count). The lowest BCUT2D eigenvalue weighted by atomic mass is 10.0. The number of aromatic nitrogens is 1. The molecule has 7 nitrogen and oxygen atoms in total. The van der Waals surface area contributed by atoms with Crippen LogP contribution in [0.15, 0.2) is 67.4 Å². The number of amides is 2. The van der Waals surface area contributed by atoms with Crippen LogP contribution in [0.2, 0.25) is 0 Å². The molecule has 2 atom stereocenters. The molecule has 0 aliphatic heterocycles. The number of urea groups is 1. The molecule has 2 amide bonds. The highest BCUT2D eigenvalue weighted by atomic mass is 19.1. The average molecular weight is 521 g/mol. The summed E-state index contributed by atoms with van der Waals surface area (Å²) in [5.41, 5.74) is 2.17. The third-order valence-electron chi connectivity index (χ3n) is 6.66. The molecule has 0 saturated carbocycles. The van der Waals surface area contributed by atoms with Crippen LogP contribution in [0.4, 0.5) is 9.18 Å². The van der Waals surface area contributed by atoms with Crippen LogP contribution >= 0.6 is 0 Å². The maximum absolute atomic E-state index is 14.1. The summed E-state index contributed by atoms with van der Waals surface area (Å²) in [6.45, 7) is 7.86. The summed E-state index contributed by atoms with van der Waals surface area (Å²) in [6, 6.07) is 14.0. The molecular formula is C30H37FN4O3. The van der Waals surface area contributed by atoms with Crippen LogP contribution in [0.1, 0.15) is 49.6 Å². The van der Waals surface area contributed by atoms with Crippen LogP contribution in [0.5, 0.6) is 0 Å². The van der Waals surface area contributed by atoms with E-state index in [-0.39, 0.29) is 43.6 Å². The SMILES string of the molecule is C=CCC[C@@H](COC(=O)CN[C@H](C)c1cc2ccccc2cn1)N(C)C(=O)NCc1cccc(F)c1CC. The molecule has 0 bridgehead atoms. The number of carbonyl (C=O) groups excluding carboxylic acids is 2. The Labute approximate surface area is 224 Å². The molecule has 0 aliphatic rings. The van der Waals surface area contributed by atoms with E-state index < -0.39 is 5.97 Å². The normalized spacial score (nSPS) is 12.5. The highest BCUT2D eigenvalue weighted by Gasteiger charge is 2.22. The number of ether oxygens (including phenoxy) is 1. The van der Waals surface area contributed by atoms with Gasteiger partial charge in [-0.25, -0.2) is 9.18 Å². The standard InChI is InChI=1S/C30H37FN4O3/c1-5-7-14-25(35(4)30(37)34-18-24-13-10-15-27(31)26(24)6-2)20-38-29(36)19-32-21(3)28-16-22-11-8-9-12-23(22)17-33-28/h5,8-13,15-17,21,25,32H,1,6-7,14,18-20H2,2-4H3,(H,34,37)/t21-,25+/m1/s1. The van der Waals surface area contributed by atoms with Gasteiger partial charge >= 0.3 is 12.0 Å². The molecule has 0 spiro atoms. The first-order valence-electron chi connectivity index (χ1n) is 13.0. The lowest BCUT2D eigenvalue weighted by Gasteiger charge is -2.28. The fourth-order valence-electron chi connectivity index (χ4n) is 4.24. The molecule has 202 valence electrons. The lowest BCUT2D eigenvalue weighted by Crippen LogP contribution is -2.46. The molecule has 8 heteroatoms. The van der Waals surface area contributed by atoms with Crippen molar-refractivity contribution in [3.05, 3.63) is 90.0 Å². The first kappa shape index (κ1) is 28.8. The van der Waals surface area contributed by atoms with Crippen molar-refractivity contribution < 1.29 is 18.7 Å². The average Bonchev–Trinajstić information content (AvgIpc) is 2.94. The van der Waals surface area contributed by atoms with Crippen LogP contribution in [-0.2, 0) is 22.5 Å². The van der Waals surface area contributed by atoms with Gasteiger partial charge in [-0.2, -0.15) is 0 Å². The zero-order valence-electron chi connectivity index (χ0n) is 22.4. The van der Waals surface area contributed by atoms with Crippen LogP contribution in [0.25, 0.3) is 10.8 Å². The Bertz CT molecular complexity index is 1250. The Balaban J connectivity index is 1.51. The summed E-state index contributed by atoms with van der Waals surface area (Å²) in [4.78, 5) is 31.4. The molecule has 3 aromatic rings. The van der Waals surface area contributed by atoms with Gasteiger partial charge in [0.05, 0.1) is 18.3 Å². The summed E-state index contributed by atoms with van der Waals surface area (Å²) in [5.74, 6) is -0.690. The van der Waals surface area contributed by atoms with E-state index in [1.54, 1.807) is 25.3 Å². The number of nitrogens with zero attached hydrogens (tertiary/aromatic N) is 2. The molecule has 2 aromatic carbocycles. The molecule has 0 saturated heterocycles. The van der Waals surface area contributed by atoms with Crippen molar-refractivity contribution in [2.75, 3.05) is 20.2 Å². The van der Waals surface area contributed by atoms with Gasteiger partial charge in [-0.1, -0.05) is 49.4 Å². The molecular weight excluding hydrogens is 483 g/mol. The number of hydrogen-bond acceptors (Lipinski definition) is 5. The number of allylic oxidation sites excluding steroid dienone is 1. The summed E-state index contributed by atoms with van der Waals surface area (Å²) >= 11 is 0. The van der Waals surface area contributed by atoms with Crippen LogP contribution < -0.4 is 10.6 Å². The lowest BCUT2D eigenvalue weighted by molar-refractivity contribution is -0.144. The topological polar surface area (TPSA) is 83.6 Å². The number of rotatable bonds is 13. The van der Waals surface area contributed by atoms with Crippen molar-refractivity contribution in [3.8, 4) is 0 Å². The molecule has 2 N–H and O–H groups in total. The number of hydrogen-bond donors (Lipinski definition) is 2. The van der Waals surface area contributed by atoms with Crippen LogP contribution in [0, 0.1) is 5.82 Å². The largest absolute Gasteiger partial charge is 0.463 e. The Kier molecular flexibility index (Phi) is 10.8. The first-order chi connectivity index (χ1) is 18.3. The third-order valence-corrected chi connectivity index (χ3v) is 6.66. The van der Waals surface area contributed by atoms with Crippen LogP contribution in [0.3, 0.4) is 0 Å². The number of esters is 1. The van der Waals surface area contributed by atoms with Gasteiger partial charge in [0, 0.05) is 31.2 Å². The zero-order chi connectivity index (χ0) is 27.5. The maximum atomic E-state index is 14.1. The van der Waals surface area contributed by atoms with Gasteiger partial charge in [0.25, 0.3) is 0 Å². The number of fused-ring (bicyclic) bond motifs is 1. The fourth-order valence-corrected chi connectivity index (χ4v) is 4.24. The van der Waals surface area contributed by atoms with Gasteiger partial charge in [0.2, 0.25) is 0 Å². The van der Waals surface area contributed by atoms with Crippen molar-refractivity contribution in [1.29, 1.82) is 0 Å². The van der Waals surface area contributed by atoms with Gasteiger partial charge in [0.15, 0.2) is 0 Å². The molecule has 0 fully saturated rings. The Morgan fingerprint density at radius 3 is 2.68 bits per heavy atom. The second-order valence-electron chi connectivity index (χ2n) is 9.26. The predicted octanol–water partition coefficient (Wildman–Crippen LogP) is 5.31. The summed E-state index contributed by atoms with van der Waals surface area (Å²) < 4.78 is 19.6. The Morgan fingerprint density at radius 1 is 1.18 bits per heavy atom. The van der Waals surface area contributed by atoms with Gasteiger partial charge < -0.3 is 15.0 Å². The third kappa shape index (κ3) is 7.86. The number of halogens is 1. The molecule has 0 radical (unpaired) electrons. The molecule has 38 heavy (non-hydrogen) atoms. The number of likely N-dealkylation sites (N-methyl/N-ethyl adjacent to an activating group) is 1. The van der Waals surface area contributed by atoms with E-state index in [9.17, 15) is 14.0 Å².